The van der Waals surface area contributed by atoms with Crippen LogP contribution in [0.25, 0.3) is 0 Å². The van der Waals surface area contributed by atoms with Crippen LogP contribution < -0.4 is 30.8 Å². The van der Waals surface area contributed by atoms with E-state index in [0.29, 0.717) is 42.6 Å². The van der Waals surface area contributed by atoms with Gasteiger partial charge in [-0.25, -0.2) is 5.84 Å². The molecule has 0 bridgehead atoms. The monoisotopic (exact) mass is 325 g/mol. The summed E-state index contributed by atoms with van der Waals surface area (Å²) >= 11 is 0. The molecule has 1 rings (SSSR count). The van der Waals surface area contributed by atoms with Gasteiger partial charge >= 0.3 is 0 Å². The second-order valence-electron chi connectivity index (χ2n) is 4.35. The molecule has 1 aromatic rings. The number of benzene rings is 1. The molecule has 8 nitrogen and oxygen atoms in total. The lowest BCUT2D eigenvalue weighted by Gasteiger charge is -2.17. The fourth-order valence-corrected chi connectivity index (χ4v) is 1.83. The molecule has 0 radical (unpaired) electrons. The highest BCUT2D eigenvalue weighted by molar-refractivity contribution is 5.97. The standard InChI is InChI=1S/C15H23N3O5/c1-4-21-11-7-10(15(20)17-9-13(19)18-16)8-12(22-5-2)14(11)23-6-3/h7-8H,4-6,9,16H2,1-3H3,(H,17,20)(H,18,19). The topological polar surface area (TPSA) is 112 Å². The van der Waals surface area contributed by atoms with Gasteiger partial charge in [0.1, 0.15) is 0 Å². The van der Waals surface area contributed by atoms with Crippen LogP contribution in [0, 0.1) is 0 Å². The number of hydrogen-bond acceptors (Lipinski definition) is 6. The van der Waals surface area contributed by atoms with Crippen LogP contribution >= 0.6 is 0 Å². The molecule has 0 aromatic heterocycles. The largest absolute Gasteiger partial charge is 0.490 e. The predicted molar refractivity (Wildman–Crippen MR) is 84.6 cm³/mol. The van der Waals surface area contributed by atoms with E-state index in [1.54, 1.807) is 12.1 Å². The summed E-state index contributed by atoms with van der Waals surface area (Å²) in [4.78, 5) is 23.3. The zero-order valence-electron chi connectivity index (χ0n) is 13.6. The second-order valence-corrected chi connectivity index (χ2v) is 4.35. The molecule has 0 aliphatic rings. The van der Waals surface area contributed by atoms with Gasteiger partial charge in [-0.2, -0.15) is 0 Å². The third kappa shape index (κ3) is 5.33. The Kier molecular flexibility index (Phi) is 7.69. The molecule has 0 fully saturated rings. The van der Waals surface area contributed by atoms with Crippen LogP contribution in [0.5, 0.6) is 17.2 Å². The van der Waals surface area contributed by atoms with Gasteiger partial charge in [0, 0.05) is 5.56 Å². The van der Waals surface area contributed by atoms with Crippen molar-refractivity contribution in [2.45, 2.75) is 20.8 Å². The first-order valence-electron chi connectivity index (χ1n) is 7.41. The third-order valence-corrected chi connectivity index (χ3v) is 2.74. The molecule has 0 atom stereocenters. The average Bonchev–Trinajstić information content (AvgIpc) is 2.55. The van der Waals surface area contributed by atoms with E-state index in [2.05, 4.69) is 5.32 Å². The maximum Gasteiger partial charge on any atom is 0.253 e. The second kappa shape index (κ2) is 9.52. The Balaban J connectivity index is 3.11. The predicted octanol–water partition coefficient (Wildman–Crippen LogP) is 0.602. The number of carbonyl (C=O) groups is 2. The number of hydrogen-bond donors (Lipinski definition) is 3. The highest BCUT2D eigenvalue weighted by Gasteiger charge is 2.18. The number of nitrogens with two attached hydrogens (primary N) is 1. The zero-order valence-corrected chi connectivity index (χ0v) is 13.6. The van der Waals surface area contributed by atoms with E-state index in [1.165, 1.54) is 0 Å². The quantitative estimate of drug-likeness (QED) is 0.348. The average molecular weight is 325 g/mol. The Labute approximate surface area is 135 Å². The summed E-state index contributed by atoms with van der Waals surface area (Å²) in [5.74, 6) is 5.30. The number of hydrazine groups is 1. The molecule has 1 aromatic carbocycles. The lowest BCUT2D eigenvalue weighted by Crippen LogP contribution is -2.40. The normalized spacial score (nSPS) is 9.91. The Bertz CT molecular complexity index is 521. The summed E-state index contributed by atoms with van der Waals surface area (Å²) in [7, 11) is 0. The summed E-state index contributed by atoms with van der Waals surface area (Å²) in [6, 6.07) is 3.10. The van der Waals surface area contributed by atoms with Crippen LogP contribution in [0.3, 0.4) is 0 Å². The van der Waals surface area contributed by atoms with Crippen LogP contribution in [0.15, 0.2) is 12.1 Å². The van der Waals surface area contributed by atoms with E-state index in [4.69, 9.17) is 20.1 Å². The molecule has 128 valence electrons. The first-order chi connectivity index (χ1) is 11.1. The minimum absolute atomic E-state index is 0.226. The van der Waals surface area contributed by atoms with Gasteiger partial charge in [0.05, 0.1) is 26.4 Å². The van der Waals surface area contributed by atoms with Crippen LogP contribution in [0.4, 0.5) is 0 Å². The minimum Gasteiger partial charge on any atom is -0.490 e. The first kappa shape index (κ1) is 18.6. The van der Waals surface area contributed by atoms with Gasteiger partial charge in [-0.3, -0.25) is 15.0 Å². The Morgan fingerprint density at radius 1 is 1.00 bits per heavy atom. The van der Waals surface area contributed by atoms with Crippen LogP contribution in [0.2, 0.25) is 0 Å². The molecule has 4 N–H and O–H groups in total. The van der Waals surface area contributed by atoms with Gasteiger partial charge in [0.15, 0.2) is 11.5 Å². The lowest BCUT2D eigenvalue weighted by molar-refractivity contribution is -0.120. The van der Waals surface area contributed by atoms with Crippen LogP contribution in [0.1, 0.15) is 31.1 Å². The van der Waals surface area contributed by atoms with Crippen molar-refractivity contribution in [1.82, 2.24) is 10.7 Å². The molecule has 0 saturated heterocycles. The van der Waals surface area contributed by atoms with Crippen LogP contribution in [-0.2, 0) is 4.79 Å². The molecule has 0 spiro atoms. The summed E-state index contributed by atoms with van der Waals surface area (Å²) < 4.78 is 16.6. The van der Waals surface area contributed by atoms with E-state index < -0.39 is 11.8 Å². The van der Waals surface area contributed by atoms with Crippen molar-refractivity contribution in [2.24, 2.45) is 5.84 Å². The smallest absolute Gasteiger partial charge is 0.253 e. The van der Waals surface area contributed by atoms with Gasteiger partial charge in [-0.15, -0.1) is 0 Å². The number of amides is 2. The lowest BCUT2D eigenvalue weighted by atomic mass is 10.1. The SMILES string of the molecule is CCOc1cc(C(=O)NCC(=O)NN)cc(OCC)c1OCC. The fraction of sp³-hybridized carbons (Fsp3) is 0.467. The van der Waals surface area contributed by atoms with Crippen molar-refractivity contribution in [3.8, 4) is 17.2 Å². The minimum atomic E-state index is -0.501. The molecular formula is C15H23N3O5. The van der Waals surface area contributed by atoms with Crippen LogP contribution in [-0.4, -0.2) is 38.2 Å². The van der Waals surface area contributed by atoms with Crippen molar-refractivity contribution in [2.75, 3.05) is 26.4 Å². The van der Waals surface area contributed by atoms with E-state index in [-0.39, 0.29) is 6.54 Å². The summed E-state index contributed by atoms with van der Waals surface area (Å²) in [6.07, 6.45) is 0. The van der Waals surface area contributed by atoms with Gasteiger partial charge in [-0.05, 0) is 32.9 Å². The molecule has 8 heteroatoms. The van der Waals surface area contributed by atoms with Gasteiger partial charge < -0.3 is 19.5 Å². The van der Waals surface area contributed by atoms with Crippen molar-refractivity contribution in [1.29, 1.82) is 0 Å². The number of rotatable bonds is 9. The highest BCUT2D eigenvalue weighted by Crippen LogP contribution is 2.39. The molecule has 0 aliphatic heterocycles. The molecule has 0 heterocycles. The van der Waals surface area contributed by atoms with Gasteiger partial charge in [0.2, 0.25) is 5.75 Å². The summed E-state index contributed by atoms with van der Waals surface area (Å²) in [6.45, 7) is 6.53. The third-order valence-electron chi connectivity index (χ3n) is 2.74. The van der Waals surface area contributed by atoms with E-state index >= 15 is 0 Å². The first-order valence-corrected chi connectivity index (χ1v) is 7.41. The maximum atomic E-state index is 12.2. The zero-order chi connectivity index (χ0) is 17.2. The maximum absolute atomic E-state index is 12.2. The fourth-order valence-electron chi connectivity index (χ4n) is 1.83. The van der Waals surface area contributed by atoms with Crippen molar-refractivity contribution in [3.63, 3.8) is 0 Å². The molecule has 0 unspecified atom stereocenters. The Hall–Kier alpha value is -2.48. The van der Waals surface area contributed by atoms with E-state index in [0.717, 1.165) is 0 Å². The number of carbonyl (C=O) groups excluding carboxylic acids is 2. The molecule has 2 amide bonds. The van der Waals surface area contributed by atoms with Crippen molar-refractivity contribution >= 4 is 11.8 Å². The number of nitrogens with one attached hydrogen (secondary N) is 2. The van der Waals surface area contributed by atoms with Gasteiger partial charge in [0.25, 0.3) is 11.8 Å². The molecular weight excluding hydrogens is 302 g/mol. The Morgan fingerprint density at radius 3 is 1.96 bits per heavy atom. The van der Waals surface area contributed by atoms with Gasteiger partial charge in [-0.1, -0.05) is 0 Å². The van der Waals surface area contributed by atoms with E-state index in [9.17, 15) is 9.59 Å². The summed E-state index contributed by atoms with van der Waals surface area (Å²) in [5, 5.41) is 2.46. The number of ether oxygens (including phenoxy) is 3. The molecule has 23 heavy (non-hydrogen) atoms. The Morgan fingerprint density at radius 2 is 1.52 bits per heavy atom. The van der Waals surface area contributed by atoms with E-state index in [1.807, 2.05) is 26.2 Å². The van der Waals surface area contributed by atoms with Crippen molar-refractivity contribution in [3.05, 3.63) is 17.7 Å². The molecule has 0 saturated carbocycles. The highest BCUT2D eigenvalue weighted by atomic mass is 16.5. The van der Waals surface area contributed by atoms with Crippen molar-refractivity contribution < 1.29 is 23.8 Å². The summed E-state index contributed by atoms with van der Waals surface area (Å²) in [5.41, 5.74) is 2.23. The molecule has 0 aliphatic carbocycles.